The lowest BCUT2D eigenvalue weighted by Gasteiger charge is -2.05. The van der Waals surface area contributed by atoms with E-state index in [9.17, 15) is 9.59 Å². The molecule has 3 N–H and O–H groups in total. The molecule has 0 aromatic heterocycles. The van der Waals surface area contributed by atoms with Crippen LogP contribution in [0, 0.1) is 0 Å². The first-order valence-electron chi connectivity index (χ1n) is 4.60. The number of carboxylic acids is 1. The monoisotopic (exact) mass is 200 g/mol. The maximum atomic E-state index is 10.7. The van der Waals surface area contributed by atoms with E-state index in [0.29, 0.717) is 19.3 Å². The highest BCUT2D eigenvalue weighted by atomic mass is 16.4. The summed E-state index contributed by atoms with van der Waals surface area (Å²) >= 11 is 0. The van der Waals surface area contributed by atoms with Gasteiger partial charge in [0.1, 0.15) is 12.3 Å². The number of carbonyl (C=O) groups excluding carboxylic acids is 1. The highest BCUT2D eigenvalue weighted by Gasteiger charge is 2.13. The van der Waals surface area contributed by atoms with Crippen LogP contribution in [0.5, 0.6) is 0 Å². The lowest BCUT2D eigenvalue weighted by Crippen LogP contribution is -2.18. The third-order valence-electron chi connectivity index (χ3n) is 1.70. The van der Waals surface area contributed by atoms with Crippen LogP contribution in [0.1, 0.15) is 25.7 Å². The van der Waals surface area contributed by atoms with E-state index in [1.807, 2.05) is 0 Å². The molecule has 0 aliphatic heterocycles. The Labute approximate surface area is 83.0 Å². The Kier molecular flexibility index (Phi) is 7.64. The second-order valence-electron chi connectivity index (χ2n) is 2.87. The van der Waals surface area contributed by atoms with Crippen LogP contribution < -0.4 is 5.73 Å². The molecule has 0 spiro atoms. The fraction of sp³-hybridized carbons (Fsp3) is 0.667. The van der Waals surface area contributed by atoms with Crippen molar-refractivity contribution in [1.29, 1.82) is 0 Å². The molecule has 0 amide bonds. The van der Waals surface area contributed by atoms with Gasteiger partial charge in [-0.05, 0) is 25.8 Å². The number of hydrogen-bond acceptors (Lipinski definition) is 4. The number of rotatable bonds is 8. The normalized spacial score (nSPS) is 12.9. The summed E-state index contributed by atoms with van der Waals surface area (Å²) in [7, 11) is 0. The van der Waals surface area contributed by atoms with Crippen molar-refractivity contribution in [2.24, 2.45) is 10.7 Å². The number of carboxylic acid groups (broad SMARTS) is 1. The van der Waals surface area contributed by atoms with E-state index >= 15 is 0 Å². The van der Waals surface area contributed by atoms with Gasteiger partial charge in [-0.25, -0.2) is 4.79 Å². The highest BCUT2D eigenvalue weighted by Crippen LogP contribution is 2.04. The number of hydrogen-bond donors (Lipinski definition) is 2. The quantitative estimate of drug-likeness (QED) is 0.333. The van der Waals surface area contributed by atoms with E-state index in [1.165, 1.54) is 6.21 Å². The molecule has 5 nitrogen and oxygen atoms in total. The summed E-state index contributed by atoms with van der Waals surface area (Å²) in [5.74, 6) is -0.954. The van der Waals surface area contributed by atoms with Crippen molar-refractivity contribution in [2.45, 2.75) is 31.7 Å². The van der Waals surface area contributed by atoms with Crippen LogP contribution in [-0.2, 0) is 9.59 Å². The first kappa shape index (κ1) is 12.8. The van der Waals surface area contributed by atoms with E-state index in [4.69, 9.17) is 10.8 Å². The Balaban J connectivity index is 3.89. The van der Waals surface area contributed by atoms with Crippen LogP contribution in [0.3, 0.4) is 0 Å². The van der Waals surface area contributed by atoms with Crippen molar-refractivity contribution in [3.8, 4) is 0 Å². The SMILES string of the molecule is NCCCC[C@H](N=CCC=O)C(=O)O. The number of aldehydes is 1. The molecule has 14 heavy (non-hydrogen) atoms. The number of unbranched alkanes of at least 4 members (excludes halogenated alkanes) is 1. The molecule has 0 aliphatic rings. The van der Waals surface area contributed by atoms with Crippen molar-refractivity contribution in [1.82, 2.24) is 0 Å². The van der Waals surface area contributed by atoms with Crippen LogP contribution in [0.15, 0.2) is 4.99 Å². The van der Waals surface area contributed by atoms with Crippen LogP contribution in [0.2, 0.25) is 0 Å². The first-order chi connectivity index (χ1) is 6.72. The zero-order valence-electron chi connectivity index (χ0n) is 8.06. The summed E-state index contributed by atoms with van der Waals surface area (Å²) in [6.07, 6.45) is 4.21. The van der Waals surface area contributed by atoms with Gasteiger partial charge in [0, 0.05) is 12.6 Å². The minimum Gasteiger partial charge on any atom is -0.480 e. The van der Waals surface area contributed by atoms with Crippen molar-refractivity contribution in [3.63, 3.8) is 0 Å². The molecule has 0 radical (unpaired) electrons. The lowest BCUT2D eigenvalue weighted by atomic mass is 10.1. The fourth-order valence-corrected chi connectivity index (χ4v) is 0.975. The van der Waals surface area contributed by atoms with Gasteiger partial charge in [0.2, 0.25) is 0 Å². The molecule has 0 heterocycles. The number of nitrogens with zero attached hydrogens (tertiary/aromatic N) is 1. The third kappa shape index (κ3) is 6.30. The molecule has 5 heteroatoms. The molecule has 0 aromatic rings. The van der Waals surface area contributed by atoms with Gasteiger partial charge in [-0.2, -0.15) is 0 Å². The largest absolute Gasteiger partial charge is 0.480 e. The predicted octanol–water partition coefficient (Wildman–Crippen LogP) is 0.228. The van der Waals surface area contributed by atoms with Crippen LogP contribution in [0.4, 0.5) is 0 Å². The summed E-state index contributed by atoms with van der Waals surface area (Å²) < 4.78 is 0. The Hall–Kier alpha value is -1.23. The van der Waals surface area contributed by atoms with Gasteiger partial charge in [-0.1, -0.05) is 0 Å². The molecule has 0 fully saturated rings. The van der Waals surface area contributed by atoms with Crippen molar-refractivity contribution < 1.29 is 14.7 Å². The van der Waals surface area contributed by atoms with Crippen molar-refractivity contribution >= 4 is 18.5 Å². The Morgan fingerprint density at radius 2 is 2.21 bits per heavy atom. The van der Waals surface area contributed by atoms with E-state index in [1.54, 1.807) is 0 Å². The summed E-state index contributed by atoms with van der Waals surface area (Å²) in [5, 5.41) is 8.74. The molecule has 0 bridgehead atoms. The average molecular weight is 200 g/mol. The van der Waals surface area contributed by atoms with Crippen LogP contribution in [0.25, 0.3) is 0 Å². The molecule has 1 atom stereocenters. The summed E-state index contributed by atoms with van der Waals surface area (Å²) in [5.41, 5.74) is 5.28. The van der Waals surface area contributed by atoms with Gasteiger partial charge in [0.05, 0.1) is 0 Å². The Morgan fingerprint density at radius 1 is 1.50 bits per heavy atom. The fourth-order valence-electron chi connectivity index (χ4n) is 0.975. The zero-order valence-corrected chi connectivity index (χ0v) is 8.06. The molecule has 0 unspecified atom stereocenters. The Morgan fingerprint density at radius 3 is 2.71 bits per heavy atom. The van der Waals surface area contributed by atoms with Gasteiger partial charge in [-0.3, -0.25) is 4.99 Å². The average Bonchev–Trinajstić information content (AvgIpc) is 2.15. The standard InChI is InChI=1S/C9H16N2O3/c10-5-2-1-4-8(9(13)14)11-6-3-7-12/h6-8H,1-5,10H2,(H,13,14)/t8-/m0/s1. The molecule has 0 rings (SSSR count). The van der Waals surface area contributed by atoms with E-state index < -0.39 is 12.0 Å². The molecular formula is C9H16N2O3. The second kappa shape index (κ2) is 8.37. The minimum atomic E-state index is -0.954. The van der Waals surface area contributed by atoms with E-state index in [2.05, 4.69) is 4.99 Å². The van der Waals surface area contributed by atoms with Gasteiger partial charge in [0.15, 0.2) is 0 Å². The highest BCUT2D eigenvalue weighted by molar-refractivity contribution is 5.80. The summed E-state index contributed by atoms with van der Waals surface area (Å²) in [4.78, 5) is 24.4. The first-order valence-corrected chi connectivity index (χ1v) is 4.60. The van der Waals surface area contributed by atoms with Crippen LogP contribution in [-0.4, -0.2) is 36.2 Å². The van der Waals surface area contributed by atoms with E-state index in [-0.39, 0.29) is 6.42 Å². The maximum absolute atomic E-state index is 10.7. The van der Waals surface area contributed by atoms with E-state index in [0.717, 1.165) is 12.8 Å². The Bertz CT molecular complexity index is 204. The number of aliphatic imine (C=N–C) groups is 1. The van der Waals surface area contributed by atoms with Gasteiger partial charge in [-0.15, -0.1) is 0 Å². The minimum absolute atomic E-state index is 0.167. The molecular weight excluding hydrogens is 184 g/mol. The van der Waals surface area contributed by atoms with Crippen molar-refractivity contribution in [2.75, 3.05) is 6.54 Å². The topological polar surface area (TPSA) is 92.8 Å². The van der Waals surface area contributed by atoms with Crippen molar-refractivity contribution in [3.05, 3.63) is 0 Å². The number of nitrogens with two attached hydrogens (primary N) is 1. The summed E-state index contributed by atoms with van der Waals surface area (Å²) in [6.45, 7) is 0.560. The molecule has 0 saturated heterocycles. The number of aliphatic carboxylic acids is 1. The van der Waals surface area contributed by atoms with Gasteiger partial charge in [0.25, 0.3) is 0 Å². The number of carbonyl (C=O) groups is 2. The smallest absolute Gasteiger partial charge is 0.328 e. The molecule has 80 valence electrons. The van der Waals surface area contributed by atoms with Gasteiger partial charge >= 0.3 is 5.97 Å². The van der Waals surface area contributed by atoms with Crippen LogP contribution >= 0.6 is 0 Å². The summed E-state index contributed by atoms with van der Waals surface area (Å²) in [6, 6.07) is -0.735. The molecule has 0 aliphatic carbocycles. The molecule has 0 aromatic carbocycles. The zero-order chi connectivity index (χ0) is 10.8. The molecule has 0 saturated carbocycles. The third-order valence-corrected chi connectivity index (χ3v) is 1.70. The predicted molar refractivity (Wildman–Crippen MR) is 53.5 cm³/mol. The second-order valence-corrected chi connectivity index (χ2v) is 2.87. The van der Waals surface area contributed by atoms with Gasteiger partial charge < -0.3 is 15.6 Å². The maximum Gasteiger partial charge on any atom is 0.328 e. The lowest BCUT2D eigenvalue weighted by molar-refractivity contribution is -0.138.